The van der Waals surface area contributed by atoms with E-state index in [1.54, 1.807) is 25.1 Å². The van der Waals surface area contributed by atoms with Crippen LogP contribution in [0.25, 0.3) is 0 Å². The predicted octanol–water partition coefficient (Wildman–Crippen LogP) is 3.20. The second-order valence-corrected chi connectivity index (χ2v) is 6.03. The van der Waals surface area contributed by atoms with Crippen molar-refractivity contribution in [2.24, 2.45) is 0 Å². The van der Waals surface area contributed by atoms with Gasteiger partial charge in [-0.2, -0.15) is 0 Å². The van der Waals surface area contributed by atoms with Crippen LogP contribution in [0.4, 0.5) is 0 Å². The Balaban J connectivity index is 1.82. The Kier molecular flexibility index (Phi) is 5.27. The van der Waals surface area contributed by atoms with Gasteiger partial charge >= 0.3 is 0 Å². The number of furan rings is 1. The highest BCUT2D eigenvalue weighted by Crippen LogP contribution is 2.22. The Morgan fingerprint density at radius 3 is 2.77 bits per heavy atom. The fourth-order valence-corrected chi connectivity index (χ4v) is 2.33. The van der Waals surface area contributed by atoms with Crippen LogP contribution in [0.15, 0.2) is 40.8 Å². The number of nitrogens with one attached hydrogen (secondary N) is 1. The van der Waals surface area contributed by atoms with Gasteiger partial charge in [-0.25, -0.2) is 0 Å². The van der Waals surface area contributed by atoms with E-state index in [9.17, 15) is 9.90 Å². The fraction of sp³-hybridized carbons (Fsp3) is 0.353. The minimum atomic E-state index is -1.22. The van der Waals surface area contributed by atoms with Crippen molar-refractivity contribution in [3.8, 4) is 0 Å². The predicted molar refractivity (Wildman–Crippen MR) is 85.8 cm³/mol. The minimum Gasteiger partial charge on any atom is -0.463 e. The summed E-state index contributed by atoms with van der Waals surface area (Å²) in [6.45, 7) is 3.53. The second kappa shape index (κ2) is 6.99. The Hall–Kier alpha value is -1.78. The molecular formula is C17H20ClNO3. The van der Waals surface area contributed by atoms with Crippen molar-refractivity contribution in [1.82, 2.24) is 5.32 Å². The lowest BCUT2D eigenvalue weighted by atomic mass is 10.0. The lowest BCUT2D eigenvalue weighted by molar-refractivity contribution is -0.122. The van der Waals surface area contributed by atoms with E-state index < -0.39 is 5.60 Å². The Labute approximate surface area is 135 Å². The van der Waals surface area contributed by atoms with Crippen molar-refractivity contribution in [1.29, 1.82) is 0 Å². The van der Waals surface area contributed by atoms with Gasteiger partial charge in [-0.15, -0.1) is 0 Å². The van der Waals surface area contributed by atoms with E-state index in [1.165, 1.54) is 0 Å². The average molecular weight is 322 g/mol. The number of aryl methyl sites for hydroxylation is 2. The number of carbonyl (C=O) groups is 1. The van der Waals surface area contributed by atoms with E-state index in [4.69, 9.17) is 16.0 Å². The Morgan fingerprint density at radius 2 is 2.14 bits per heavy atom. The van der Waals surface area contributed by atoms with Gasteiger partial charge in [-0.1, -0.05) is 23.7 Å². The SMILES string of the molecule is Cc1ccc(C(C)(O)CNC(=O)CCc2cccc(Cl)c2)o1. The van der Waals surface area contributed by atoms with E-state index in [-0.39, 0.29) is 12.5 Å². The van der Waals surface area contributed by atoms with Crippen LogP contribution in [0.2, 0.25) is 5.02 Å². The summed E-state index contributed by atoms with van der Waals surface area (Å²) in [5.74, 6) is 1.05. The molecule has 0 spiro atoms. The van der Waals surface area contributed by atoms with Gasteiger partial charge in [0.1, 0.15) is 17.1 Å². The molecule has 0 saturated heterocycles. The molecule has 22 heavy (non-hydrogen) atoms. The quantitative estimate of drug-likeness (QED) is 0.859. The van der Waals surface area contributed by atoms with Crippen LogP contribution in [-0.2, 0) is 16.8 Å². The summed E-state index contributed by atoms with van der Waals surface area (Å²) >= 11 is 5.91. The van der Waals surface area contributed by atoms with Crippen molar-refractivity contribution in [3.05, 3.63) is 58.5 Å². The standard InChI is InChI=1S/C17H20ClNO3/c1-12-6-8-15(22-12)17(2,21)11-19-16(20)9-7-13-4-3-5-14(18)10-13/h3-6,8,10,21H,7,9,11H2,1-2H3,(H,19,20). The van der Waals surface area contributed by atoms with Crippen molar-refractivity contribution < 1.29 is 14.3 Å². The summed E-state index contributed by atoms with van der Waals surface area (Å²) in [4.78, 5) is 11.9. The molecule has 0 aliphatic heterocycles. The smallest absolute Gasteiger partial charge is 0.220 e. The van der Waals surface area contributed by atoms with Crippen LogP contribution < -0.4 is 5.32 Å². The minimum absolute atomic E-state index is 0.105. The molecule has 1 aromatic carbocycles. The first-order valence-electron chi connectivity index (χ1n) is 7.17. The summed E-state index contributed by atoms with van der Waals surface area (Å²) in [7, 11) is 0. The first kappa shape index (κ1) is 16.6. The van der Waals surface area contributed by atoms with Gasteiger partial charge < -0.3 is 14.8 Å². The molecule has 118 valence electrons. The zero-order chi connectivity index (χ0) is 16.2. The maximum Gasteiger partial charge on any atom is 0.220 e. The van der Waals surface area contributed by atoms with Gasteiger partial charge in [0.2, 0.25) is 5.91 Å². The summed E-state index contributed by atoms with van der Waals surface area (Å²) in [6, 6.07) is 10.9. The number of amides is 1. The lowest BCUT2D eigenvalue weighted by Gasteiger charge is -2.21. The Morgan fingerprint density at radius 1 is 1.36 bits per heavy atom. The van der Waals surface area contributed by atoms with Gasteiger partial charge in [0, 0.05) is 11.4 Å². The summed E-state index contributed by atoms with van der Waals surface area (Å²) in [5.41, 5.74) is -0.212. The molecule has 2 N–H and O–H groups in total. The summed E-state index contributed by atoms with van der Waals surface area (Å²) in [5, 5.41) is 13.7. The molecule has 0 fully saturated rings. The van der Waals surface area contributed by atoms with Gasteiger partial charge in [0.25, 0.3) is 0 Å². The molecule has 0 saturated carbocycles. The van der Waals surface area contributed by atoms with E-state index in [0.717, 1.165) is 11.3 Å². The second-order valence-electron chi connectivity index (χ2n) is 5.59. The van der Waals surface area contributed by atoms with Crippen molar-refractivity contribution >= 4 is 17.5 Å². The van der Waals surface area contributed by atoms with Crippen LogP contribution in [0.3, 0.4) is 0 Å². The molecule has 0 radical (unpaired) electrons. The number of hydrogen-bond acceptors (Lipinski definition) is 3. The number of halogens is 1. The molecule has 1 unspecified atom stereocenters. The maximum absolute atomic E-state index is 11.9. The third kappa shape index (κ3) is 4.61. The highest BCUT2D eigenvalue weighted by Gasteiger charge is 2.27. The number of aliphatic hydroxyl groups is 1. The first-order chi connectivity index (χ1) is 10.4. The highest BCUT2D eigenvalue weighted by molar-refractivity contribution is 6.30. The van der Waals surface area contributed by atoms with Crippen LogP contribution in [0.5, 0.6) is 0 Å². The highest BCUT2D eigenvalue weighted by atomic mass is 35.5. The van der Waals surface area contributed by atoms with Crippen LogP contribution in [0.1, 0.15) is 30.4 Å². The molecule has 5 heteroatoms. The number of rotatable bonds is 6. The van der Waals surface area contributed by atoms with E-state index in [1.807, 2.05) is 25.1 Å². The van der Waals surface area contributed by atoms with Gasteiger partial charge in [-0.3, -0.25) is 4.79 Å². The van der Waals surface area contributed by atoms with E-state index >= 15 is 0 Å². The monoisotopic (exact) mass is 321 g/mol. The number of carbonyl (C=O) groups excluding carboxylic acids is 1. The molecule has 2 aromatic rings. The van der Waals surface area contributed by atoms with Crippen LogP contribution >= 0.6 is 11.6 Å². The molecule has 1 atom stereocenters. The Bertz CT molecular complexity index is 649. The van der Waals surface area contributed by atoms with Crippen molar-refractivity contribution in [2.75, 3.05) is 6.54 Å². The van der Waals surface area contributed by atoms with Crippen LogP contribution in [0, 0.1) is 6.92 Å². The van der Waals surface area contributed by atoms with Gasteiger partial charge in [-0.05, 0) is 50.1 Å². The third-order valence-corrected chi connectivity index (χ3v) is 3.67. The lowest BCUT2D eigenvalue weighted by Crippen LogP contribution is -2.38. The molecule has 0 aliphatic rings. The number of hydrogen-bond donors (Lipinski definition) is 2. The molecule has 1 amide bonds. The fourth-order valence-electron chi connectivity index (χ4n) is 2.12. The van der Waals surface area contributed by atoms with E-state index in [0.29, 0.717) is 23.6 Å². The molecule has 1 heterocycles. The summed E-state index contributed by atoms with van der Waals surface area (Å²) in [6.07, 6.45) is 0.946. The molecule has 4 nitrogen and oxygen atoms in total. The molecule has 0 bridgehead atoms. The average Bonchev–Trinajstić information content (AvgIpc) is 2.91. The van der Waals surface area contributed by atoms with Crippen LogP contribution in [-0.4, -0.2) is 17.6 Å². The van der Waals surface area contributed by atoms with Crippen molar-refractivity contribution in [3.63, 3.8) is 0 Å². The molecule has 1 aromatic heterocycles. The molecular weight excluding hydrogens is 302 g/mol. The summed E-state index contributed by atoms with van der Waals surface area (Å²) < 4.78 is 5.41. The van der Waals surface area contributed by atoms with Crippen molar-refractivity contribution in [2.45, 2.75) is 32.3 Å². The largest absolute Gasteiger partial charge is 0.463 e. The normalized spacial score (nSPS) is 13.6. The van der Waals surface area contributed by atoms with Gasteiger partial charge in [0.15, 0.2) is 0 Å². The zero-order valence-corrected chi connectivity index (χ0v) is 13.5. The molecule has 2 rings (SSSR count). The number of benzene rings is 1. The maximum atomic E-state index is 11.9. The van der Waals surface area contributed by atoms with Gasteiger partial charge in [0.05, 0.1) is 6.54 Å². The topological polar surface area (TPSA) is 62.5 Å². The molecule has 0 aliphatic carbocycles. The zero-order valence-electron chi connectivity index (χ0n) is 12.7. The third-order valence-electron chi connectivity index (χ3n) is 3.43. The van der Waals surface area contributed by atoms with E-state index in [2.05, 4.69) is 5.32 Å². The first-order valence-corrected chi connectivity index (χ1v) is 7.55.